The lowest BCUT2D eigenvalue weighted by atomic mass is 10.1. The number of halogens is 3. The molecule has 0 bridgehead atoms. The Balaban J connectivity index is 0.00000144. The van der Waals surface area contributed by atoms with Crippen LogP contribution in [0.1, 0.15) is 11.6 Å². The molecular formula is C12H17ClFIN2. The van der Waals surface area contributed by atoms with Crippen LogP contribution in [0.3, 0.4) is 0 Å². The average molecular weight is 371 g/mol. The number of hydrogen-bond donors (Lipinski definition) is 1. The molecule has 1 saturated heterocycles. The molecule has 1 heterocycles. The largest absolute Gasteiger partial charge is 0.314 e. The van der Waals surface area contributed by atoms with Crippen molar-refractivity contribution in [2.24, 2.45) is 0 Å². The van der Waals surface area contributed by atoms with E-state index in [1.54, 1.807) is 0 Å². The van der Waals surface area contributed by atoms with Crippen LogP contribution in [0, 0.1) is 3.57 Å². The number of benzene rings is 1. The van der Waals surface area contributed by atoms with Gasteiger partial charge in [0.1, 0.15) is 6.67 Å². The van der Waals surface area contributed by atoms with Crippen LogP contribution in [0.25, 0.3) is 0 Å². The second kappa shape index (κ2) is 7.51. The lowest BCUT2D eigenvalue weighted by molar-refractivity contribution is 0.147. The standard InChI is InChI=1S/C12H16FIN2.ClH/c13-9-12(16-7-5-15-6-8-16)10-1-3-11(14)4-2-10;/h1-4,12,15H,5-9H2;1H/t12-;/m0./s1. The van der Waals surface area contributed by atoms with Gasteiger partial charge in [-0.2, -0.15) is 0 Å². The van der Waals surface area contributed by atoms with Gasteiger partial charge in [-0.1, -0.05) is 12.1 Å². The van der Waals surface area contributed by atoms with Crippen LogP contribution in [-0.4, -0.2) is 37.8 Å². The SMILES string of the molecule is Cl.FC[C@@H](c1ccc(I)cc1)N1CCNCC1. The summed E-state index contributed by atoms with van der Waals surface area (Å²) in [5.74, 6) is 0. The van der Waals surface area contributed by atoms with E-state index in [9.17, 15) is 4.39 Å². The van der Waals surface area contributed by atoms with Gasteiger partial charge in [-0.05, 0) is 40.3 Å². The summed E-state index contributed by atoms with van der Waals surface area (Å²) >= 11 is 2.27. The predicted octanol–water partition coefficient (Wildman–Crippen LogP) is 2.63. The third-order valence-electron chi connectivity index (χ3n) is 2.99. The lowest BCUT2D eigenvalue weighted by Gasteiger charge is -2.33. The second-order valence-electron chi connectivity index (χ2n) is 4.01. The van der Waals surface area contributed by atoms with Gasteiger partial charge in [0.2, 0.25) is 0 Å². The van der Waals surface area contributed by atoms with Crippen LogP contribution >= 0.6 is 35.0 Å². The zero-order chi connectivity index (χ0) is 11.4. The number of hydrogen-bond acceptors (Lipinski definition) is 2. The third-order valence-corrected chi connectivity index (χ3v) is 3.71. The van der Waals surface area contributed by atoms with Gasteiger partial charge in [-0.25, -0.2) is 4.39 Å². The Kier molecular flexibility index (Phi) is 6.69. The molecule has 1 aliphatic rings. The molecule has 1 atom stereocenters. The summed E-state index contributed by atoms with van der Waals surface area (Å²) in [7, 11) is 0. The molecule has 2 nitrogen and oxygen atoms in total. The summed E-state index contributed by atoms with van der Waals surface area (Å²) in [5, 5.41) is 3.29. The van der Waals surface area contributed by atoms with Crippen LogP contribution in [0.2, 0.25) is 0 Å². The van der Waals surface area contributed by atoms with E-state index in [1.165, 1.54) is 3.57 Å². The van der Waals surface area contributed by atoms with Gasteiger partial charge in [0.05, 0.1) is 6.04 Å². The topological polar surface area (TPSA) is 15.3 Å². The van der Waals surface area contributed by atoms with E-state index in [4.69, 9.17) is 0 Å². The Labute approximate surface area is 122 Å². The van der Waals surface area contributed by atoms with E-state index in [0.717, 1.165) is 31.7 Å². The van der Waals surface area contributed by atoms with Gasteiger partial charge in [-0.3, -0.25) is 4.90 Å². The Morgan fingerprint density at radius 3 is 2.35 bits per heavy atom. The van der Waals surface area contributed by atoms with Gasteiger partial charge in [-0.15, -0.1) is 12.4 Å². The van der Waals surface area contributed by atoms with Gasteiger partial charge in [0.25, 0.3) is 0 Å². The van der Waals surface area contributed by atoms with Crippen molar-refractivity contribution in [1.82, 2.24) is 10.2 Å². The molecule has 5 heteroatoms. The molecule has 1 fully saturated rings. The molecule has 96 valence electrons. The minimum atomic E-state index is -0.305. The normalized spacial score (nSPS) is 18.5. The van der Waals surface area contributed by atoms with E-state index in [-0.39, 0.29) is 25.1 Å². The van der Waals surface area contributed by atoms with Crippen LogP contribution in [-0.2, 0) is 0 Å². The van der Waals surface area contributed by atoms with Crippen molar-refractivity contribution in [2.75, 3.05) is 32.9 Å². The maximum Gasteiger partial charge on any atom is 0.109 e. The van der Waals surface area contributed by atoms with Crippen molar-refractivity contribution in [3.63, 3.8) is 0 Å². The predicted molar refractivity (Wildman–Crippen MR) is 79.6 cm³/mol. The van der Waals surface area contributed by atoms with E-state index in [1.807, 2.05) is 24.3 Å². The zero-order valence-electron chi connectivity index (χ0n) is 9.53. The highest BCUT2D eigenvalue weighted by Gasteiger charge is 2.21. The van der Waals surface area contributed by atoms with Gasteiger partial charge in [0.15, 0.2) is 0 Å². The molecule has 1 aromatic rings. The summed E-state index contributed by atoms with van der Waals surface area (Å²) in [4.78, 5) is 2.22. The number of nitrogens with one attached hydrogen (secondary N) is 1. The van der Waals surface area contributed by atoms with Crippen LogP contribution < -0.4 is 5.32 Å². The summed E-state index contributed by atoms with van der Waals surface area (Å²) in [6.45, 7) is 3.48. The molecule has 1 aliphatic heterocycles. The van der Waals surface area contributed by atoms with Gasteiger partial charge < -0.3 is 5.32 Å². The number of nitrogens with zero attached hydrogens (tertiary/aromatic N) is 1. The highest BCUT2D eigenvalue weighted by atomic mass is 127. The lowest BCUT2D eigenvalue weighted by Crippen LogP contribution is -2.45. The highest BCUT2D eigenvalue weighted by Crippen LogP contribution is 2.22. The van der Waals surface area contributed by atoms with E-state index in [0.29, 0.717) is 0 Å². The summed E-state index contributed by atoms with van der Waals surface area (Å²) in [5.41, 5.74) is 1.09. The molecule has 0 radical (unpaired) electrons. The molecule has 17 heavy (non-hydrogen) atoms. The van der Waals surface area contributed by atoms with Crippen molar-refractivity contribution >= 4 is 35.0 Å². The maximum atomic E-state index is 13.2. The first-order chi connectivity index (χ1) is 7.81. The second-order valence-corrected chi connectivity index (χ2v) is 5.25. The van der Waals surface area contributed by atoms with Crippen LogP contribution in [0.5, 0.6) is 0 Å². The maximum absolute atomic E-state index is 13.2. The Bertz CT molecular complexity index is 328. The van der Waals surface area contributed by atoms with E-state index in [2.05, 4.69) is 32.8 Å². The van der Waals surface area contributed by atoms with Crippen molar-refractivity contribution in [3.8, 4) is 0 Å². The summed E-state index contributed by atoms with van der Waals surface area (Å²) in [6, 6.07) is 8.09. The fourth-order valence-corrected chi connectivity index (χ4v) is 2.44. The van der Waals surface area contributed by atoms with Crippen molar-refractivity contribution in [2.45, 2.75) is 6.04 Å². The fraction of sp³-hybridized carbons (Fsp3) is 0.500. The first kappa shape index (κ1) is 15.1. The molecule has 0 aliphatic carbocycles. The van der Waals surface area contributed by atoms with Crippen molar-refractivity contribution in [1.29, 1.82) is 0 Å². The first-order valence-electron chi connectivity index (χ1n) is 5.57. The molecule has 1 N–H and O–H groups in total. The molecule has 0 amide bonds. The molecule has 0 unspecified atom stereocenters. The number of rotatable bonds is 3. The molecular weight excluding hydrogens is 354 g/mol. The zero-order valence-corrected chi connectivity index (χ0v) is 12.5. The molecule has 0 aromatic heterocycles. The van der Waals surface area contributed by atoms with E-state index >= 15 is 0 Å². The molecule has 0 saturated carbocycles. The Morgan fingerprint density at radius 2 is 1.82 bits per heavy atom. The number of alkyl halides is 1. The van der Waals surface area contributed by atoms with E-state index < -0.39 is 0 Å². The van der Waals surface area contributed by atoms with Crippen molar-refractivity contribution < 1.29 is 4.39 Å². The minimum absolute atomic E-state index is 0. The molecule has 1 aromatic carbocycles. The number of piperazine rings is 1. The Hall–Kier alpha value is 0.0900. The summed E-state index contributed by atoms with van der Waals surface area (Å²) < 4.78 is 14.4. The van der Waals surface area contributed by atoms with Crippen LogP contribution in [0.15, 0.2) is 24.3 Å². The quantitative estimate of drug-likeness (QED) is 0.823. The first-order valence-corrected chi connectivity index (χ1v) is 6.65. The highest BCUT2D eigenvalue weighted by molar-refractivity contribution is 14.1. The van der Waals surface area contributed by atoms with Crippen molar-refractivity contribution in [3.05, 3.63) is 33.4 Å². The molecule has 2 rings (SSSR count). The average Bonchev–Trinajstić information content (AvgIpc) is 2.34. The fourth-order valence-electron chi connectivity index (χ4n) is 2.08. The summed E-state index contributed by atoms with van der Waals surface area (Å²) in [6.07, 6.45) is 0. The van der Waals surface area contributed by atoms with Gasteiger partial charge >= 0.3 is 0 Å². The third kappa shape index (κ3) is 4.05. The van der Waals surface area contributed by atoms with Gasteiger partial charge in [0, 0.05) is 29.7 Å². The molecule has 0 spiro atoms. The van der Waals surface area contributed by atoms with Crippen LogP contribution in [0.4, 0.5) is 4.39 Å². The smallest absolute Gasteiger partial charge is 0.109 e. The monoisotopic (exact) mass is 370 g/mol. The Morgan fingerprint density at radius 1 is 1.24 bits per heavy atom. The minimum Gasteiger partial charge on any atom is -0.314 e.